The molecule has 0 spiro atoms. The van der Waals surface area contributed by atoms with Crippen molar-refractivity contribution in [1.29, 1.82) is 0 Å². The lowest BCUT2D eigenvalue weighted by Gasteiger charge is -2.15. The lowest BCUT2D eigenvalue weighted by molar-refractivity contribution is -0.207. The molecule has 0 aliphatic heterocycles. The van der Waals surface area contributed by atoms with Gasteiger partial charge in [-0.3, -0.25) is 4.57 Å². The van der Waals surface area contributed by atoms with Gasteiger partial charge < -0.3 is 10.8 Å². The van der Waals surface area contributed by atoms with Crippen LogP contribution in [-0.2, 0) is 13.1 Å². The average Bonchev–Trinajstić information content (AvgIpc) is 3.36. The summed E-state index contributed by atoms with van der Waals surface area (Å²) in [5.74, 6) is -0.284. The largest absolute Gasteiger partial charge is 0.416 e. The normalized spacial score (nSPS) is 13.7. The molecule has 0 bridgehead atoms. The van der Waals surface area contributed by atoms with Crippen molar-refractivity contribution >= 4 is 11.6 Å². The van der Waals surface area contributed by atoms with E-state index in [-0.39, 0.29) is 24.0 Å². The first-order chi connectivity index (χ1) is 16.9. The van der Waals surface area contributed by atoms with Gasteiger partial charge >= 0.3 is 11.9 Å². The maximum Gasteiger partial charge on any atom is 0.416 e. The third-order valence-electron chi connectivity index (χ3n) is 5.19. The van der Waals surface area contributed by atoms with Gasteiger partial charge in [0.1, 0.15) is 18.2 Å². The van der Waals surface area contributed by atoms with Gasteiger partial charge in [-0.1, -0.05) is 17.7 Å². The molecule has 4 aromatic rings. The quantitative estimate of drug-likeness (QED) is 0.358. The van der Waals surface area contributed by atoms with Crippen LogP contribution in [0.25, 0.3) is 17.1 Å². The summed E-state index contributed by atoms with van der Waals surface area (Å²) >= 11 is 5.89. The van der Waals surface area contributed by atoms with Crippen LogP contribution in [0, 0.1) is 5.82 Å². The second-order valence-electron chi connectivity index (χ2n) is 8.01. The Morgan fingerprint density at radius 2 is 1.83 bits per heavy atom. The number of rotatable bonds is 7. The highest BCUT2D eigenvalue weighted by Gasteiger charge is 2.39. The molecule has 190 valence electrons. The maximum atomic E-state index is 13.8. The zero-order chi connectivity index (χ0) is 26.2. The van der Waals surface area contributed by atoms with Crippen LogP contribution in [0.4, 0.5) is 17.6 Å². The first-order valence-corrected chi connectivity index (χ1v) is 11.0. The summed E-state index contributed by atoms with van der Waals surface area (Å²) in [6, 6.07) is 10.9. The maximum absolute atomic E-state index is 13.8. The van der Waals surface area contributed by atoms with Crippen molar-refractivity contribution < 1.29 is 22.7 Å². The summed E-state index contributed by atoms with van der Waals surface area (Å²) in [7, 11) is 0. The van der Waals surface area contributed by atoms with E-state index in [4.69, 9.17) is 17.3 Å². The van der Waals surface area contributed by atoms with Crippen molar-refractivity contribution in [3.63, 3.8) is 0 Å². The second kappa shape index (κ2) is 9.84. The Hall–Kier alpha value is -3.55. The van der Waals surface area contributed by atoms with E-state index in [1.165, 1.54) is 47.1 Å². The Labute approximate surface area is 206 Å². The summed E-state index contributed by atoms with van der Waals surface area (Å²) in [6.07, 6.45) is -7.75. The number of benzene rings is 2. The predicted molar refractivity (Wildman–Crippen MR) is 122 cm³/mol. The smallest absolute Gasteiger partial charge is 0.382 e. The first-order valence-electron chi connectivity index (χ1n) is 10.6. The molecule has 0 fully saturated rings. The number of hydrogen-bond acceptors (Lipinski definition) is 6. The Bertz CT molecular complexity index is 1430. The molecule has 36 heavy (non-hydrogen) atoms. The van der Waals surface area contributed by atoms with Gasteiger partial charge in [0.15, 0.2) is 17.8 Å². The third-order valence-corrected chi connectivity index (χ3v) is 5.44. The van der Waals surface area contributed by atoms with E-state index in [9.17, 15) is 27.5 Å². The molecule has 4 rings (SSSR count). The van der Waals surface area contributed by atoms with Crippen LogP contribution in [0.1, 0.15) is 24.6 Å². The molecule has 0 aliphatic carbocycles. The molecule has 2 unspecified atom stereocenters. The highest BCUT2D eigenvalue weighted by molar-refractivity contribution is 6.30. The van der Waals surface area contributed by atoms with Gasteiger partial charge in [-0.15, -0.1) is 10.2 Å². The highest BCUT2D eigenvalue weighted by atomic mass is 35.5. The van der Waals surface area contributed by atoms with Crippen LogP contribution in [0.2, 0.25) is 5.02 Å². The monoisotopic (exact) mass is 525 g/mol. The van der Waals surface area contributed by atoms with Crippen molar-refractivity contribution in [2.75, 3.05) is 0 Å². The molecule has 0 amide bonds. The number of aliphatic hydroxyl groups is 1. The van der Waals surface area contributed by atoms with E-state index < -0.39 is 36.4 Å². The molecule has 0 radical (unpaired) electrons. The molecule has 2 atom stereocenters. The molecular weight excluding hydrogens is 506 g/mol. The van der Waals surface area contributed by atoms with Crippen LogP contribution in [0.3, 0.4) is 0 Å². The average molecular weight is 526 g/mol. The standard InChI is InChI=1S/C22H20ClF4N7O2/c1-12(28)19-29-18(30-34(19)16-4-2-3-15(24)9-16)11-33-21(36)32(10-17(35)22(25,26)27)20(31-33)13-5-7-14(23)8-6-13/h2-9,12,17,35H,10-11,28H2,1H3. The molecule has 9 nitrogen and oxygen atoms in total. The van der Waals surface area contributed by atoms with Gasteiger partial charge in [-0.25, -0.2) is 23.5 Å². The predicted octanol–water partition coefficient (Wildman–Crippen LogP) is 3.08. The van der Waals surface area contributed by atoms with E-state index in [1.54, 1.807) is 13.0 Å². The van der Waals surface area contributed by atoms with Gasteiger partial charge in [0.2, 0.25) is 0 Å². The van der Waals surface area contributed by atoms with E-state index in [0.717, 1.165) is 9.25 Å². The summed E-state index contributed by atoms with van der Waals surface area (Å²) in [6.45, 7) is 0.245. The fourth-order valence-electron chi connectivity index (χ4n) is 3.46. The lowest BCUT2D eigenvalue weighted by atomic mass is 10.2. The molecule has 0 saturated heterocycles. The summed E-state index contributed by atoms with van der Waals surface area (Å²) in [5, 5.41) is 18.5. The van der Waals surface area contributed by atoms with Crippen molar-refractivity contribution in [1.82, 2.24) is 29.1 Å². The van der Waals surface area contributed by atoms with Crippen LogP contribution in [-0.4, -0.2) is 46.5 Å². The number of aliphatic hydroxyl groups excluding tert-OH is 1. The van der Waals surface area contributed by atoms with Crippen LogP contribution in [0.5, 0.6) is 0 Å². The molecule has 3 N–H and O–H groups in total. The zero-order valence-corrected chi connectivity index (χ0v) is 19.4. The van der Waals surface area contributed by atoms with E-state index >= 15 is 0 Å². The number of nitrogens with zero attached hydrogens (tertiary/aromatic N) is 6. The Kier molecular flexibility index (Phi) is 6.98. The topological polar surface area (TPSA) is 117 Å². The summed E-state index contributed by atoms with van der Waals surface area (Å²) < 4.78 is 55.8. The second-order valence-corrected chi connectivity index (χ2v) is 8.44. The van der Waals surface area contributed by atoms with Gasteiger partial charge in [0, 0.05) is 10.6 Å². The number of aromatic nitrogens is 6. The molecule has 0 aliphatic rings. The van der Waals surface area contributed by atoms with Crippen molar-refractivity contribution in [2.45, 2.75) is 38.3 Å². The van der Waals surface area contributed by atoms with Crippen molar-refractivity contribution in [2.24, 2.45) is 5.73 Å². The van der Waals surface area contributed by atoms with Crippen molar-refractivity contribution in [3.8, 4) is 17.1 Å². The summed E-state index contributed by atoms with van der Waals surface area (Å²) in [4.78, 5) is 17.4. The van der Waals surface area contributed by atoms with E-state index in [1.807, 2.05) is 0 Å². The Morgan fingerprint density at radius 1 is 1.14 bits per heavy atom. The molecule has 14 heteroatoms. The number of halogens is 5. The number of hydrogen-bond donors (Lipinski definition) is 2. The zero-order valence-electron chi connectivity index (χ0n) is 18.7. The first kappa shape index (κ1) is 25.5. The van der Waals surface area contributed by atoms with Crippen molar-refractivity contribution in [3.05, 3.63) is 81.5 Å². The highest BCUT2D eigenvalue weighted by Crippen LogP contribution is 2.24. The van der Waals surface area contributed by atoms with Gasteiger partial charge in [-0.05, 0) is 49.4 Å². The summed E-state index contributed by atoms with van der Waals surface area (Å²) in [5.41, 5.74) is 5.71. The minimum Gasteiger partial charge on any atom is -0.382 e. The fraction of sp³-hybridized carbons (Fsp3) is 0.273. The van der Waals surface area contributed by atoms with E-state index in [2.05, 4.69) is 15.2 Å². The van der Waals surface area contributed by atoms with Crippen LogP contribution in [0.15, 0.2) is 53.3 Å². The van der Waals surface area contributed by atoms with Crippen LogP contribution >= 0.6 is 11.6 Å². The fourth-order valence-corrected chi connectivity index (χ4v) is 3.59. The van der Waals surface area contributed by atoms with E-state index in [0.29, 0.717) is 16.3 Å². The molecule has 2 aromatic heterocycles. The molecule has 2 heterocycles. The van der Waals surface area contributed by atoms with Gasteiger partial charge in [0.25, 0.3) is 0 Å². The van der Waals surface area contributed by atoms with Gasteiger partial charge in [-0.2, -0.15) is 13.2 Å². The number of nitrogens with two attached hydrogens (primary N) is 1. The molecule has 2 aromatic carbocycles. The Morgan fingerprint density at radius 3 is 2.44 bits per heavy atom. The minimum atomic E-state index is -4.95. The SMILES string of the molecule is CC(N)c1nc(Cn2nc(-c3ccc(Cl)cc3)n(CC(O)C(F)(F)F)c2=O)nn1-c1cccc(F)c1. The van der Waals surface area contributed by atoms with Crippen LogP contribution < -0.4 is 11.4 Å². The number of alkyl halides is 3. The minimum absolute atomic E-state index is 0.0670. The third kappa shape index (κ3) is 5.32. The van der Waals surface area contributed by atoms with Gasteiger partial charge in [0.05, 0.1) is 18.3 Å². The lowest BCUT2D eigenvalue weighted by Crippen LogP contribution is -2.37. The molecular formula is C22H20ClF4N7O2. The Balaban J connectivity index is 1.77. The molecule has 0 saturated carbocycles.